The number of methoxy groups -OCH3 is 1. The van der Waals surface area contributed by atoms with Gasteiger partial charge in [0.05, 0.1) is 41.1 Å². The molecule has 0 saturated carbocycles. The summed E-state index contributed by atoms with van der Waals surface area (Å²) in [5.41, 5.74) is 5.50. The van der Waals surface area contributed by atoms with E-state index in [0.717, 1.165) is 22.4 Å². The molecule has 0 aliphatic carbocycles. The number of anilines is 2. The van der Waals surface area contributed by atoms with E-state index in [1.54, 1.807) is 26.2 Å². The molecule has 8 heteroatoms. The van der Waals surface area contributed by atoms with Gasteiger partial charge >= 0.3 is 0 Å². The third kappa shape index (κ3) is 6.16. The Labute approximate surface area is 233 Å². The minimum absolute atomic E-state index is 0.0961. The van der Waals surface area contributed by atoms with Crippen molar-refractivity contribution in [2.24, 2.45) is 0 Å². The van der Waals surface area contributed by atoms with Crippen LogP contribution in [0.5, 0.6) is 5.75 Å². The van der Waals surface area contributed by atoms with E-state index in [2.05, 4.69) is 22.0 Å². The summed E-state index contributed by atoms with van der Waals surface area (Å²) >= 11 is 1.24. The molecule has 198 valence electrons. The quantitative estimate of drug-likeness (QED) is 0.324. The third-order valence-corrected chi connectivity index (χ3v) is 7.49. The van der Waals surface area contributed by atoms with Gasteiger partial charge in [-0.15, -0.1) is 0 Å². The highest BCUT2D eigenvalue weighted by Crippen LogP contribution is 2.41. The minimum atomic E-state index is -0.615. The summed E-state index contributed by atoms with van der Waals surface area (Å²) in [6, 6.07) is 24.8. The van der Waals surface area contributed by atoms with Crippen molar-refractivity contribution in [1.29, 1.82) is 5.26 Å². The first-order chi connectivity index (χ1) is 18.8. The van der Waals surface area contributed by atoms with Crippen molar-refractivity contribution in [1.82, 2.24) is 5.32 Å². The van der Waals surface area contributed by atoms with Gasteiger partial charge in [-0.25, -0.2) is 0 Å². The molecule has 1 atom stereocenters. The lowest BCUT2D eigenvalue weighted by molar-refractivity contribution is -0.114. The summed E-state index contributed by atoms with van der Waals surface area (Å²) in [5, 5.41) is 20.0. The van der Waals surface area contributed by atoms with Crippen LogP contribution in [0.1, 0.15) is 29.5 Å². The molecule has 3 N–H and O–H groups in total. The smallest absolute Gasteiger partial charge is 0.254 e. The molecule has 1 aliphatic heterocycles. The van der Waals surface area contributed by atoms with Gasteiger partial charge in [-0.3, -0.25) is 9.59 Å². The molecule has 1 heterocycles. The topological polar surface area (TPSA) is 103 Å². The molecule has 0 radical (unpaired) electrons. The Morgan fingerprint density at radius 1 is 0.949 bits per heavy atom. The van der Waals surface area contributed by atoms with E-state index >= 15 is 0 Å². The molecular formula is C31H30N4O3S. The predicted molar refractivity (Wildman–Crippen MR) is 156 cm³/mol. The van der Waals surface area contributed by atoms with Crippen LogP contribution in [0, 0.1) is 25.2 Å². The van der Waals surface area contributed by atoms with E-state index in [0.29, 0.717) is 33.3 Å². The molecule has 3 aromatic carbocycles. The Kier molecular flexibility index (Phi) is 8.74. The number of benzene rings is 3. The Balaban J connectivity index is 1.63. The molecule has 1 aliphatic rings. The number of rotatable bonds is 8. The van der Waals surface area contributed by atoms with Gasteiger partial charge in [-0.2, -0.15) is 5.26 Å². The lowest BCUT2D eigenvalue weighted by atomic mass is 9.82. The molecular weight excluding hydrogens is 508 g/mol. The van der Waals surface area contributed by atoms with Gasteiger partial charge in [-0.1, -0.05) is 72.4 Å². The number of para-hydroxylation sites is 3. The number of dihydropyridines is 1. The highest BCUT2D eigenvalue weighted by atomic mass is 32.2. The number of hydrogen-bond donors (Lipinski definition) is 3. The fourth-order valence-corrected chi connectivity index (χ4v) is 5.46. The van der Waals surface area contributed by atoms with Crippen LogP contribution in [0.15, 0.2) is 94.7 Å². The first kappa shape index (κ1) is 27.6. The number of carbonyl (C=O) groups is 2. The molecule has 2 amide bonds. The van der Waals surface area contributed by atoms with E-state index in [4.69, 9.17) is 4.74 Å². The van der Waals surface area contributed by atoms with E-state index in [1.807, 2.05) is 74.5 Å². The van der Waals surface area contributed by atoms with Gasteiger partial charge in [0.2, 0.25) is 5.91 Å². The maximum absolute atomic E-state index is 13.7. The van der Waals surface area contributed by atoms with Crippen LogP contribution in [0.3, 0.4) is 0 Å². The summed E-state index contributed by atoms with van der Waals surface area (Å²) < 4.78 is 5.39. The Bertz CT molecular complexity index is 1490. The van der Waals surface area contributed by atoms with Crippen molar-refractivity contribution >= 4 is 35.0 Å². The standard InChI is InChI=1S/C31H30N4O3S/c1-19-11-10-12-20(2)29(19)35-26(36)18-39-31-23(17-32)28(22-13-6-5-7-14-22)27(21(3)33-31)30(37)34-24-15-8-9-16-25(24)38-4/h5-16,28,33H,18H2,1-4H3,(H,34,37)(H,35,36)/t28-/m0/s1. The molecule has 0 fully saturated rings. The molecule has 3 aromatic rings. The molecule has 0 bridgehead atoms. The highest BCUT2D eigenvalue weighted by Gasteiger charge is 2.35. The second kappa shape index (κ2) is 12.4. The minimum Gasteiger partial charge on any atom is -0.495 e. The summed E-state index contributed by atoms with van der Waals surface area (Å²) in [6.07, 6.45) is 0. The Morgan fingerprint density at radius 2 is 1.62 bits per heavy atom. The zero-order chi connectivity index (χ0) is 27.9. The summed E-state index contributed by atoms with van der Waals surface area (Å²) in [4.78, 5) is 26.5. The number of nitrogens with one attached hydrogen (secondary N) is 3. The first-order valence-electron chi connectivity index (χ1n) is 12.4. The SMILES string of the molecule is COc1ccccc1NC(=O)C1=C(C)NC(SCC(=O)Nc2c(C)cccc2C)=C(C#N)[C@@H]1c1ccccc1. The van der Waals surface area contributed by atoms with Crippen LogP contribution in [0.4, 0.5) is 11.4 Å². The van der Waals surface area contributed by atoms with Crippen molar-refractivity contribution in [2.45, 2.75) is 26.7 Å². The van der Waals surface area contributed by atoms with Crippen LogP contribution in [0.25, 0.3) is 0 Å². The zero-order valence-corrected chi connectivity index (χ0v) is 23.1. The molecule has 0 aromatic heterocycles. The second-order valence-electron chi connectivity index (χ2n) is 9.12. The van der Waals surface area contributed by atoms with Gasteiger partial charge in [-0.05, 0) is 49.6 Å². The van der Waals surface area contributed by atoms with Gasteiger partial charge in [0.25, 0.3) is 5.91 Å². The highest BCUT2D eigenvalue weighted by molar-refractivity contribution is 8.03. The molecule has 4 rings (SSSR count). The van der Waals surface area contributed by atoms with Crippen molar-refractivity contribution in [3.8, 4) is 11.8 Å². The maximum Gasteiger partial charge on any atom is 0.254 e. The maximum atomic E-state index is 13.7. The van der Waals surface area contributed by atoms with Gasteiger partial charge in [0, 0.05) is 17.0 Å². The summed E-state index contributed by atoms with van der Waals surface area (Å²) in [6.45, 7) is 5.70. The van der Waals surface area contributed by atoms with Crippen molar-refractivity contribution < 1.29 is 14.3 Å². The first-order valence-corrected chi connectivity index (χ1v) is 13.4. The number of nitriles is 1. The van der Waals surface area contributed by atoms with E-state index in [1.165, 1.54) is 11.8 Å². The van der Waals surface area contributed by atoms with Crippen LogP contribution < -0.4 is 20.7 Å². The number of aryl methyl sites for hydroxylation is 2. The number of allylic oxidation sites excluding steroid dienone is 2. The predicted octanol–water partition coefficient (Wildman–Crippen LogP) is 6.02. The monoisotopic (exact) mass is 538 g/mol. The fraction of sp³-hybridized carbons (Fsp3) is 0.194. The van der Waals surface area contributed by atoms with E-state index in [9.17, 15) is 14.9 Å². The molecule has 7 nitrogen and oxygen atoms in total. The average molecular weight is 539 g/mol. The van der Waals surface area contributed by atoms with Crippen molar-refractivity contribution in [2.75, 3.05) is 23.5 Å². The Hall–Kier alpha value is -4.48. The van der Waals surface area contributed by atoms with Gasteiger partial charge < -0.3 is 20.7 Å². The van der Waals surface area contributed by atoms with Crippen LogP contribution >= 0.6 is 11.8 Å². The number of nitrogens with zero attached hydrogens (tertiary/aromatic N) is 1. The van der Waals surface area contributed by atoms with Gasteiger partial charge in [0.1, 0.15) is 5.75 Å². The summed E-state index contributed by atoms with van der Waals surface area (Å²) in [7, 11) is 1.54. The largest absolute Gasteiger partial charge is 0.495 e. The number of carbonyl (C=O) groups excluding carboxylic acids is 2. The van der Waals surface area contributed by atoms with Crippen LogP contribution in [-0.4, -0.2) is 24.7 Å². The van der Waals surface area contributed by atoms with E-state index < -0.39 is 5.92 Å². The van der Waals surface area contributed by atoms with Crippen LogP contribution in [0.2, 0.25) is 0 Å². The van der Waals surface area contributed by atoms with E-state index in [-0.39, 0.29) is 17.6 Å². The zero-order valence-electron chi connectivity index (χ0n) is 22.3. The molecule has 0 spiro atoms. The lowest BCUT2D eigenvalue weighted by Gasteiger charge is -2.30. The van der Waals surface area contributed by atoms with Crippen LogP contribution in [-0.2, 0) is 9.59 Å². The fourth-order valence-electron chi connectivity index (χ4n) is 4.57. The molecule has 0 saturated heterocycles. The normalized spacial score (nSPS) is 14.8. The number of thioether (sulfide) groups is 1. The van der Waals surface area contributed by atoms with Crippen molar-refractivity contribution in [3.05, 3.63) is 111 Å². The van der Waals surface area contributed by atoms with Gasteiger partial charge in [0.15, 0.2) is 0 Å². The lowest BCUT2D eigenvalue weighted by Crippen LogP contribution is -2.31. The molecule has 39 heavy (non-hydrogen) atoms. The number of amides is 2. The number of hydrogen-bond acceptors (Lipinski definition) is 6. The third-order valence-electron chi connectivity index (χ3n) is 6.47. The average Bonchev–Trinajstić information content (AvgIpc) is 2.94. The second-order valence-corrected chi connectivity index (χ2v) is 10.1. The molecule has 0 unspecified atom stereocenters. The van der Waals surface area contributed by atoms with Crippen molar-refractivity contribution in [3.63, 3.8) is 0 Å². The summed E-state index contributed by atoms with van der Waals surface area (Å²) in [5.74, 6) is -0.508. The number of ether oxygens (including phenoxy) is 1. The Morgan fingerprint density at radius 3 is 2.28 bits per heavy atom.